The van der Waals surface area contributed by atoms with Crippen molar-refractivity contribution >= 4 is 5.91 Å². The zero-order valence-corrected chi connectivity index (χ0v) is 10.8. The minimum absolute atomic E-state index is 0.314. The first-order chi connectivity index (χ1) is 8.22. The molecular formula is C15H21NO. The molecule has 0 aromatic heterocycles. The van der Waals surface area contributed by atoms with Crippen LogP contribution in [0, 0.1) is 6.92 Å². The Labute approximate surface area is 104 Å². The van der Waals surface area contributed by atoms with Gasteiger partial charge >= 0.3 is 0 Å². The molecule has 1 aromatic carbocycles. The minimum Gasteiger partial charge on any atom is -0.336 e. The van der Waals surface area contributed by atoms with E-state index in [1.165, 1.54) is 11.1 Å². The summed E-state index contributed by atoms with van der Waals surface area (Å²) in [6.45, 7) is 5.10. The van der Waals surface area contributed by atoms with Crippen LogP contribution in [0.1, 0.15) is 49.8 Å². The number of nitrogens with zero attached hydrogens (tertiary/aromatic N) is 1. The Morgan fingerprint density at radius 3 is 3.00 bits per heavy atom. The molecule has 0 aliphatic carbocycles. The van der Waals surface area contributed by atoms with Gasteiger partial charge in [0.25, 0.3) is 0 Å². The second kappa shape index (κ2) is 5.35. The molecule has 1 unspecified atom stereocenters. The molecule has 1 aliphatic heterocycles. The number of aryl methyl sites for hydroxylation is 1. The Balaban J connectivity index is 2.17. The molecule has 1 atom stereocenters. The highest BCUT2D eigenvalue weighted by Crippen LogP contribution is 2.32. The van der Waals surface area contributed by atoms with Crippen LogP contribution < -0.4 is 0 Å². The fraction of sp³-hybridized carbons (Fsp3) is 0.533. The molecule has 92 valence electrons. The highest BCUT2D eigenvalue weighted by molar-refractivity contribution is 5.77. The fourth-order valence-electron chi connectivity index (χ4n) is 2.65. The number of likely N-dealkylation sites (tertiary alicyclic amines) is 1. The van der Waals surface area contributed by atoms with Gasteiger partial charge in [-0.25, -0.2) is 0 Å². The number of carbonyl (C=O) groups excluding carboxylic acids is 1. The summed E-state index contributed by atoms with van der Waals surface area (Å²) in [5.74, 6) is 0.316. The highest BCUT2D eigenvalue weighted by Gasteiger charge is 2.29. The van der Waals surface area contributed by atoms with E-state index in [0.29, 0.717) is 18.4 Å². The lowest BCUT2D eigenvalue weighted by Gasteiger charge is -2.25. The first-order valence-electron chi connectivity index (χ1n) is 6.58. The quantitative estimate of drug-likeness (QED) is 0.780. The Kier molecular flexibility index (Phi) is 3.82. The van der Waals surface area contributed by atoms with Gasteiger partial charge in [-0.2, -0.15) is 0 Å². The molecule has 0 spiro atoms. The highest BCUT2D eigenvalue weighted by atomic mass is 16.2. The van der Waals surface area contributed by atoms with Crippen molar-refractivity contribution < 1.29 is 4.79 Å². The first kappa shape index (κ1) is 12.2. The Bertz CT molecular complexity index is 400. The predicted molar refractivity (Wildman–Crippen MR) is 69.8 cm³/mol. The third-order valence-electron chi connectivity index (χ3n) is 3.46. The van der Waals surface area contributed by atoms with Gasteiger partial charge in [0.15, 0.2) is 0 Å². The number of hydrogen-bond acceptors (Lipinski definition) is 1. The normalized spacial score (nSPS) is 19.6. The molecule has 2 rings (SSSR count). The van der Waals surface area contributed by atoms with E-state index in [2.05, 4.69) is 43.0 Å². The van der Waals surface area contributed by atoms with Crippen LogP contribution in [0.25, 0.3) is 0 Å². The first-order valence-corrected chi connectivity index (χ1v) is 6.58. The van der Waals surface area contributed by atoms with Crippen molar-refractivity contribution in [3.63, 3.8) is 0 Å². The maximum Gasteiger partial charge on any atom is 0.223 e. The van der Waals surface area contributed by atoms with Crippen molar-refractivity contribution in [1.29, 1.82) is 0 Å². The summed E-state index contributed by atoms with van der Waals surface area (Å²) in [4.78, 5) is 14.1. The van der Waals surface area contributed by atoms with Gasteiger partial charge in [0.2, 0.25) is 5.91 Å². The van der Waals surface area contributed by atoms with Crippen molar-refractivity contribution in [2.45, 2.75) is 45.6 Å². The van der Waals surface area contributed by atoms with Crippen LogP contribution in [-0.2, 0) is 4.79 Å². The summed E-state index contributed by atoms with van der Waals surface area (Å²) in [7, 11) is 0. The molecule has 0 N–H and O–H groups in total. The second-order valence-corrected chi connectivity index (χ2v) is 4.91. The van der Waals surface area contributed by atoms with Gasteiger partial charge in [0.05, 0.1) is 6.04 Å². The summed E-state index contributed by atoms with van der Waals surface area (Å²) >= 11 is 0. The largest absolute Gasteiger partial charge is 0.336 e. The molecular weight excluding hydrogens is 210 g/mol. The Morgan fingerprint density at radius 1 is 1.47 bits per heavy atom. The van der Waals surface area contributed by atoms with Crippen LogP contribution >= 0.6 is 0 Å². The van der Waals surface area contributed by atoms with Crippen LogP contribution in [0.4, 0.5) is 0 Å². The molecule has 1 heterocycles. The molecule has 1 fully saturated rings. The van der Waals surface area contributed by atoms with E-state index in [0.717, 1.165) is 25.8 Å². The van der Waals surface area contributed by atoms with Crippen molar-refractivity contribution in [2.75, 3.05) is 6.54 Å². The van der Waals surface area contributed by atoms with Gasteiger partial charge in [-0.1, -0.05) is 36.8 Å². The topological polar surface area (TPSA) is 20.3 Å². The number of rotatable bonds is 3. The Hall–Kier alpha value is -1.31. The van der Waals surface area contributed by atoms with E-state index in [4.69, 9.17) is 0 Å². The number of amides is 1. The van der Waals surface area contributed by atoms with E-state index in [1.54, 1.807) is 0 Å². The lowest BCUT2D eigenvalue weighted by Crippen LogP contribution is -2.30. The molecule has 0 radical (unpaired) electrons. The molecule has 0 bridgehead atoms. The average Bonchev–Trinajstić information content (AvgIpc) is 2.78. The van der Waals surface area contributed by atoms with Gasteiger partial charge in [-0.05, 0) is 31.7 Å². The van der Waals surface area contributed by atoms with Gasteiger partial charge in [-0.3, -0.25) is 4.79 Å². The zero-order chi connectivity index (χ0) is 12.3. The van der Waals surface area contributed by atoms with Gasteiger partial charge in [0, 0.05) is 13.0 Å². The number of hydrogen-bond donors (Lipinski definition) is 0. The smallest absolute Gasteiger partial charge is 0.223 e. The van der Waals surface area contributed by atoms with Gasteiger partial charge in [-0.15, -0.1) is 0 Å². The maximum atomic E-state index is 12.0. The summed E-state index contributed by atoms with van der Waals surface area (Å²) in [5.41, 5.74) is 2.57. The van der Waals surface area contributed by atoms with E-state index in [-0.39, 0.29) is 0 Å². The van der Waals surface area contributed by atoms with E-state index in [9.17, 15) is 4.79 Å². The monoisotopic (exact) mass is 231 g/mol. The average molecular weight is 231 g/mol. The standard InChI is InChI=1S/C15H21NO/c1-3-6-15(17)16-10-5-9-14(16)13-8-4-7-12(2)11-13/h4,7-8,11,14H,3,5-6,9-10H2,1-2H3. The van der Waals surface area contributed by atoms with Crippen molar-refractivity contribution in [2.24, 2.45) is 0 Å². The lowest BCUT2D eigenvalue weighted by atomic mass is 10.0. The van der Waals surface area contributed by atoms with Crippen LogP contribution in [0.5, 0.6) is 0 Å². The zero-order valence-electron chi connectivity index (χ0n) is 10.8. The third-order valence-corrected chi connectivity index (χ3v) is 3.46. The molecule has 1 aromatic rings. The number of carbonyl (C=O) groups is 1. The minimum atomic E-state index is 0.314. The molecule has 17 heavy (non-hydrogen) atoms. The van der Waals surface area contributed by atoms with E-state index < -0.39 is 0 Å². The molecule has 0 saturated carbocycles. The molecule has 1 saturated heterocycles. The van der Waals surface area contributed by atoms with Crippen LogP contribution in [-0.4, -0.2) is 17.4 Å². The lowest BCUT2D eigenvalue weighted by molar-refractivity contribution is -0.132. The predicted octanol–water partition coefficient (Wildman–Crippen LogP) is 3.46. The summed E-state index contributed by atoms with van der Waals surface area (Å²) < 4.78 is 0. The molecule has 2 nitrogen and oxygen atoms in total. The molecule has 1 aliphatic rings. The summed E-state index contributed by atoms with van der Waals surface area (Å²) in [6.07, 6.45) is 3.87. The van der Waals surface area contributed by atoms with Crippen LogP contribution in [0.15, 0.2) is 24.3 Å². The summed E-state index contributed by atoms with van der Waals surface area (Å²) in [5, 5.41) is 0. The van der Waals surface area contributed by atoms with Crippen molar-refractivity contribution in [1.82, 2.24) is 4.90 Å². The van der Waals surface area contributed by atoms with Crippen LogP contribution in [0.3, 0.4) is 0 Å². The SMILES string of the molecule is CCCC(=O)N1CCCC1c1cccc(C)c1. The maximum absolute atomic E-state index is 12.0. The molecule has 2 heteroatoms. The second-order valence-electron chi connectivity index (χ2n) is 4.91. The third kappa shape index (κ3) is 2.68. The fourth-order valence-corrected chi connectivity index (χ4v) is 2.65. The van der Waals surface area contributed by atoms with Crippen molar-refractivity contribution in [3.8, 4) is 0 Å². The summed E-state index contributed by atoms with van der Waals surface area (Å²) in [6, 6.07) is 8.87. The van der Waals surface area contributed by atoms with Gasteiger partial charge < -0.3 is 4.90 Å². The van der Waals surface area contributed by atoms with Crippen molar-refractivity contribution in [3.05, 3.63) is 35.4 Å². The molecule has 1 amide bonds. The Morgan fingerprint density at radius 2 is 2.29 bits per heavy atom. The van der Waals surface area contributed by atoms with E-state index in [1.807, 2.05) is 0 Å². The van der Waals surface area contributed by atoms with Crippen LogP contribution in [0.2, 0.25) is 0 Å². The van der Waals surface area contributed by atoms with E-state index >= 15 is 0 Å². The van der Waals surface area contributed by atoms with Gasteiger partial charge in [0.1, 0.15) is 0 Å². The number of benzene rings is 1.